The van der Waals surface area contributed by atoms with E-state index in [2.05, 4.69) is 17.4 Å². The van der Waals surface area contributed by atoms with E-state index in [1.165, 1.54) is 31.7 Å². The summed E-state index contributed by atoms with van der Waals surface area (Å²) in [5, 5.41) is 2.79. The highest BCUT2D eigenvalue weighted by atomic mass is 16.7. The minimum absolute atomic E-state index is 0.00442. The summed E-state index contributed by atoms with van der Waals surface area (Å²) in [4.78, 5) is 10.8. The smallest absolute Gasteiger partial charge is 0.216 e. The molecule has 1 aliphatic heterocycles. The molecule has 5 heteroatoms. The summed E-state index contributed by atoms with van der Waals surface area (Å²) in [7, 11) is 0. The Balaban J connectivity index is 1.38. The minimum Gasteiger partial charge on any atom is -0.494 e. The van der Waals surface area contributed by atoms with Crippen LogP contribution >= 0.6 is 0 Å². The van der Waals surface area contributed by atoms with Gasteiger partial charge in [0.2, 0.25) is 5.91 Å². The molecule has 1 aromatic rings. The van der Waals surface area contributed by atoms with Crippen LogP contribution in [0.5, 0.6) is 5.75 Å². The molecule has 1 amide bonds. The van der Waals surface area contributed by atoms with Crippen LogP contribution in [-0.2, 0) is 14.3 Å². The third-order valence-electron chi connectivity index (χ3n) is 4.78. The maximum absolute atomic E-state index is 10.8. The maximum atomic E-state index is 10.8. The molecule has 1 heterocycles. The Kier molecular flexibility index (Phi) is 6.70. The maximum Gasteiger partial charge on any atom is 0.216 e. The van der Waals surface area contributed by atoms with Gasteiger partial charge in [0.15, 0.2) is 6.29 Å². The first-order valence-electron chi connectivity index (χ1n) is 9.41. The molecule has 2 aliphatic rings. The molecule has 3 rings (SSSR count). The molecule has 0 radical (unpaired) electrons. The minimum atomic E-state index is -0.164. The van der Waals surface area contributed by atoms with Crippen molar-refractivity contribution >= 4 is 5.91 Å². The lowest BCUT2D eigenvalue weighted by molar-refractivity contribution is -0.190. The lowest BCUT2D eigenvalue weighted by Gasteiger charge is -2.30. The second-order valence-corrected chi connectivity index (χ2v) is 7.07. The lowest BCUT2D eigenvalue weighted by atomic mass is 10.00. The summed E-state index contributed by atoms with van der Waals surface area (Å²) in [5.41, 5.74) is 1.21. The Morgan fingerprint density at radius 1 is 1.24 bits per heavy atom. The average molecular weight is 347 g/mol. The Morgan fingerprint density at radius 2 is 2.04 bits per heavy atom. The van der Waals surface area contributed by atoms with Gasteiger partial charge in [-0.15, -0.1) is 0 Å². The number of hydrogen-bond donors (Lipinski definition) is 1. The molecule has 0 aromatic heterocycles. The quantitative estimate of drug-likeness (QED) is 0.697. The highest BCUT2D eigenvalue weighted by molar-refractivity contribution is 5.72. The summed E-state index contributed by atoms with van der Waals surface area (Å²) in [6, 6.07) is 8.29. The van der Waals surface area contributed by atoms with Gasteiger partial charge in [-0.2, -0.15) is 0 Å². The topological polar surface area (TPSA) is 56.8 Å². The number of rotatable bonds is 9. The van der Waals surface area contributed by atoms with E-state index < -0.39 is 0 Å². The van der Waals surface area contributed by atoms with Gasteiger partial charge in [0.1, 0.15) is 5.75 Å². The predicted molar refractivity (Wildman–Crippen MR) is 95.6 cm³/mol. The summed E-state index contributed by atoms with van der Waals surface area (Å²) >= 11 is 0. The van der Waals surface area contributed by atoms with Crippen LogP contribution < -0.4 is 10.1 Å². The first-order valence-corrected chi connectivity index (χ1v) is 9.41. The fourth-order valence-corrected chi connectivity index (χ4v) is 3.04. The van der Waals surface area contributed by atoms with E-state index in [4.69, 9.17) is 14.2 Å². The van der Waals surface area contributed by atoms with Gasteiger partial charge in [0.25, 0.3) is 0 Å². The third-order valence-corrected chi connectivity index (χ3v) is 4.78. The van der Waals surface area contributed by atoms with Crippen molar-refractivity contribution in [1.29, 1.82) is 0 Å². The van der Waals surface area contributed by atoms with E-state index in [1.807, 2.05) is 12.1 Å². The Hall–Kier alpha value is -1.59. The first-order chi connectivity index (χ1) is 12.2. The summed E-state index contributed by atoms with van der Waals surface area (Å²) < 4.78 is 17.6. The highest BCUT2D eigenvalue weighted by Crippen LogP contribution is 2.32. The predicted octanol–water partition coefficient (Wildman–Crippen LogP) is 3.24. The largest absolute Gasteiger partial charge is 0.494 e. The lowest BCUT2D eigenvalue weighted by Crippen LogP contribution is -2.31. The van der Waals surface area contributed by atoms with Crippen molar-refractivity contribution in [3.05, 3.63) is 29.8 Å². The third kappa shape index (κ3) is 6.33. The van der Waals surface area contributed by atoms with E-state index in [-0.39, 0.29) is 18.1 Å². The number of carbonyl (C=O) groups is 1. The van der Waals surface area contributed by atoms with Crippen molar-refractivity contribution in [2.75, 3.05) is 26.4 Å². The van der Waals surface area contributed by atoms with Gasteiger partial charge in [-0.25, -0.2) is 0 Å². The van der Waals surface area contributed by atoms with Crippen LogP contribution in [0.15, 0.2) is 24.3 Å². The van der Waals surface area contributed by atoms with Crippen LogP contribution in [0.3, 0.4) is 0 Å². The van der Waals surface area contributed by atoms with Crippen LogP contribution in [0.2, 0.25) is 0 Å². The molecule has 1 aliphatic carbocycles. The normalized spacial score (nSPS) is 23.2. The van der Waals surface area contributed by atoms with Gasteiger partial charge >= 0.3 is 0 Å². The van der Waals surface area contributed by atoms with Crippen molar-refractivity contribution in [3.8, 4) is 5.75 Å². The van der Waals surface area contributed by atoms with Crippen LogP contribution in [0.25, 0.3) is 0 Å². The van der Waals surface area contributed by atoms with Crippen molar-refractivity contribution in [2.24, 2.45) is 5.92 Å². The first kappa shape index (κ1) is 18.2. The van der Waals surface area contributed by atoms with E-state index in [0.717, 1.165) is 31.1 Å². The van der Waals surface area contributed by atoms with Crippen LogP contribution in [-0.4, -0.2) is 38.6 Å². The van der Waals surface area contributed by atoms with Gasteiger partial charge in [0.05, 0.1) is 19.8 Å². The van der Waals surface area contributed by atoms with E-state index in [9.17, 15) is 4.79 Å². The molecule has 5 nitrogen and oxygen atoms in total. The van der Waals surface area contributed by atoms with Crippen LogP contribution in [0.4, 0.5) is 0 Å². The van der Waals surface area contributed by atoms with Gasteiger partial charge in [-0.1, -0.05) is 25.0 Å². The highest BCUT2D eigenvalue weighted by Gasteiger charge is 2.24. The Labute approximate surface area is 150 Å². The molecule has 25 heavy (non-hydrogen) atoms. The molecule has 2 fully saturated rings. The zero-order valence-corrected chi connectivity index (χ0v) is 15.0. The van der Waals surface area contributed by atoms with Gasteiger partial charge < -0.3 is 19.5 Å². The number of amides is 1. The fraction of sp³-hybridized carbons (Fsp3) is 0.650. The van der Waals surface area contributed by atoms with Crippen LogP contribution in [0.1, 0.15) is 50.5 Å². The Morgan fingerprint density at radius 3 is 2.76 bits per heavy atom. The number of ether oxygens (including phenoxy) is 3. The number of nitrogens with one attached hydrogen (secondary N) is 1. The van der Waals surface area contributed by atoms with Crippen molar-refractivity contribution in [2.45, 2.75) is 51.2 Å². The molecule has 138 valence electrons. The number of benzene rings is 1. The molecule has 0 bridgehead atoms. The molecule has 1 aromatic carbocycles. The van der Waals surface area contributed by atoms with E-state index in [0.29, 0.717) is 19.8 Å². The summed E-state index contributed by atoms with van der Waals surface area (Å²) in [6.07, 6.45) is 5.40. The molecule has 0 unspecified atom stereocenters. The molecule has 1 N–H and O–H groups in total. The molecule has 0 spiro atoms. The molecular formula is C20H29NO4. The second-order valence-electron chi connectivity index (χ2n) is 7.07. The second kappa shape index (κ2) is 9.20. The molecule has 1 saturated carbocycles. The van der Waals surface area contributed by atoms with Crippen molar-refractivity contribution in [3.63, 3.8) is 0 Å². The van der Waals surface area contributed by atoms with E-state index in [1.54, 1.807) is 0 Å². The average Bonchev–Trinajstić information content (AvgIpc) is 3.44. The van der Waals surface area contributed by atoms with Gasteiger partial charge in [-0.05, 0) is 36.5 Å². The standard InChI is InChI=1S/C20H29NO4/c1-15(22)21-10-3-6-20-24-13-18(14-25-20)17-4-2-5-19(12-17)23-11-9-16-7-8-16/h2,4-5,12,16,18,20H,3,6-11,13-14H2,1H3,(H,21,22). The number of carbonyl (C=O) groups excluding carboxylic acids is 1. The van der Waals surface area contributed by atoms with E-state index >= 15 is 0 Å². The Bertz CT molecular complexity index is 550. The van der Waals surface area contributed by atoms with Gasteiger partial charge in [-0.3, -0.25) is 4.79 Å². The van der Waals surface area contributed by atoms with Crippen LogP contribution in [0, 0.1) is 5.92 Å². The molecule has 0 atom stereocenters. The summed E-state index contributed by atoms with van der Waals surface area (Å²) in [5.74, 6) is 2.09. The van der Waals surface area contributed by atoms with Crippen molar-refractivity contribution < 1.29 is 19.0 Å². The zero-order valence-electron chi connectivity index (χ0n) is 15.0. The fourth-order valence-electron chi connectivity index (χ4n) is 3.04. The molecule has 1 saturated heterocycles. The summed E-state index contributed by atoms with van der Waals surface area (Å²) in [6.45, 7) is 4.33. The number of hydrogen-bond acceptors (Lipinski definition) is 4. The SMILES string of the molecule is CC(=O)NCCCC1OCC(c2cccc(OCCC3CC3)c2)CO1. The monoisotopic (exact) mass is 347 g/mol. The zero-order chi connectivity index (χ0) is 17.5. The molecular weight excluding hydrogens is 318 g/mol. The van der Waals surface area contributed by atoms with Crippen molar-refractivity contribution in [1.82, 2.24) is 5.32 Å². The van der Waals surface area contributed by atoms with Gasteiger partial charge in [0, 0.05) is 25.8 Å².